The Morgan fingerprint density at radius 1 is 0.923 bits per heavy atom. The summed E-state index contributed by atoms with van der Waals surface area (Å²) in [4.78, 5) is 15.8. The van der Waals surface area contributed by atoms with Crippen LogP contribution in [-0.4, -0.2) is 43.1 Å². The molecule has 0 radical (unpaired) electrons. The van der Waals surface area contributed by atoms with Gasteiger partial charge in [0.15, 0.2) is 0 Å². The van der Waals surface area contributed by atoms with Gasteiger partial charge in [0, 0.05) is 12.5 Å². The van der Waals surface area contributed by atoms with Crippen LogP contribution in [0.2, 0.25) is 10.0 Å². The van der Waals surface area contributed by atoms with Crippen LogP contribution in [0.5, 0.6) is 5.75 Å². The first-order valence-corrected chi connectivity index (χ1v) is 14.8. The summed E-state index contributed by atoms with van der Waals surface area (Å²) in [5.41, 5.74) is 3.49. The summed E-state index contributed by atoms with van der Waals surface area (Å²) in [5.74, 6) is 1.28. The molecule has 4 rings (SSSR count). The van der Waals surface area contributed by atoms with Gasteiger partial charge in [0.25, 0.3) is 0 Å². The molecule has 208 valence electrons. The number of halogens is 2. The van der Waals surface area contributed by atoms with Gasteiger partial charge in [-0.25, -0.2) is 0 Å². The van der Waals surface area contributed by atoms with Crippen molar-refractivity contribution in [3.05, 3.63) is 99.5 Å². The molecule has 0 aliphatic carbocycles. The summed E-state index contributed by atoms with van der Waals surface area (Å²) in [6.45, 7) is 9.64. The average molecular weight is 568 g/mol. The van der Waals surface area contributed by atoms with Gasteiger partial charge in [0.05, 0.1) is 22.1 Å². The van der Waals surface area contributed by atoms with Crippen molar-refractivity contribution in [1.82, 2.24) is 10.2 Å². The molecule has 1 N–H and O–H groups in total. The normalized spacial score (nSPS) is 16.2. The summed E-state index contributed by atoms with van der Waals surface area (Å²) >= 11 is 12.6. The molecule has 0 spiro atoms. The first kappa shape index (κ1) is 29.5. The van der Waals surface area contributed by atoms with Crippen LogP contribution in [0.3, 0.4) is 0 Å². The van der Waals surface area contributed by atoms with Gasteiger partial charge in [-0.3, -0.25) is 4.79 Å². The topological polar surface area (TPSA) is 41.6 Å². The lowest BCUT2D eigenvalue weighted by atomic mass is 9.89. The van der Waals surface area contributed by atoms with Crippen LogP contribution < -0.4 is 10.1 Å². The largest absolute Gasteiger partial charge is 0.491 e. The van der Waals surface area contributed by atoms with E-state index in [0.717, 1.165) is 42.9 Å². The monoisotopic (exact) mass is 566 g/mol. The maximum Gasteiger partial charge on any atom is 0.227 e. The van der Waals surface area contributed by atoms with E-state index in [2.05, 4.69) is 40.5 Å². The van der Waals surface area contributed by atoms with Crippen molar-refractivity contribution in [3.8, 4) is 5.75 Å². The number of ether oxygens (including phenoxy) is 1. The molecule has 1 heterocycles. The van der Waals surface area contributed by atoms with Gasteiger partial charge in [-0.15, -0.1) is 0 Å². The lowest BCUT2D eigenvalue weighted by Crippen LogP contribution is -2.36. The predicted molar refractivity (Wildman–Crippen MR) is 162 cm³/mol. The fourth-order valence-electron chi connectivity index (χ4n) is 5.36. The van der Waals surface area contributed by atoms with Gasteiger partial charge >= 0.3 is 0 Å². The number of nitrogens with one attached hydrogen (secondary N) is 1. The average Bonchev–Trinajstić information content (AvgIpc) is 2.94. The number of hydrogen-bond donors (Lipinski definition) is 1. The van der Waals surface area contributed by atoms with E-state index in [0.29, 0.717) is 22.5 Å². The summed E-state index contributed by atoms with van der Waals surface area (Å²) in [6, 6.07) is 24.5. The van der Waals surface area contributed by atoms with E-state index >= 15 is 0 Å². The van der Waals surface area contributed by atoms with Crippen LogP contribution in [0.15, 0.2) is 72.8 Å². The minimum absolute atomic E-state index is 0.00503. The highest BCUT2D eigenvalue weighted by Crippen LogP contribution is 2.31. The van der Waals surface area contributed by atoms with Gasteiger partial charge in [-0.1, -0.05) is 71.7 Å². The number of carbonyl (C=O) groups excluding carboxylic acids is 1. The van der Waals surface area contributed by atoms with Gasteiger partial charge in [-0.05, 0) is 107 Å². The molecule has 0 saturated carbocycles. The molecule has 2 unspecified atom stereocenters. The lowest BCUT2D eigenvalue weighted by molar-refractivity contribution is -0.122. The Morgan fingerprint density at radius 2 is 1.67 bits per heavy atom. The zero-order chi connectivity index (χ0) is 27.8. The second-order valence-corrected chi connectivity index (χ2v) is 11.7. The molecule has 3 aromatic carbocycles. The fraction of sp³-hybridized carbons (Fsp3) is 0.424. The summed E-state index contributed by atoms with van der Waals surface area (Å²) in [6.07, 6.45) is 3.37. The summed E-state index contributed by atoms with van der Waals surface area (Å²) in [7, 11) is 0. The van der Waals surface area contributed by atoms with E-state index in [1.54, 1.807) is 0 Å². The van der Waals surface area contributed by atoms with E-state index < -0.39 is 0 Å². The maximum atomic E-state index is 13.2. The smallest absolute Gasteiger partial charge is 0.227 e. The number of amides is 1. The molecule has 0 aromatic heterocycles. The van der Waals surface area contributed by atoms with Crippen LogP contribution in [0, 0.1) is 0 Å². The van der Waals surface area contributed by atoms with Gasteiger partial charge in [0.1, 0.15) is 5.75 Å². The van der Waals surface area contributed by atoms with E-state index in [4.69, 9.17) is 27.9 Å². The SMILES string of the molecule is CC(C)Oc1cccc(C(C)C(=O)NCC(CCN2CCC(c3ccccc3)CC2)c2ccc(Cl)c(Cl)c2)c1. The third-order valence-corrected chi connectivity index (χ3v) is 8.45. The molecule has 6 heteroatoms. The quantitative estimate of drug-likeness (QED) is 0.255. The molecule has 1 aliphatic heterocycles. The van der Waals surface area contributed by atoms with Crippen LogP contribution in [0.25, 0.3) is 0 Å². The Kier molecular flexibility index (Phi) is 10.7. The van der Waals surface area contributed by atoms with E-state index in [9.17, 15) is 4.79 Å². The highest BCUT2D eigenvalue weighted by Gasteiger charge is 2.23. The second kappa shape index (κ2) is 14.2. The van der Waals surface area contributed by atoms with Crippen molar-refractivity contribution < 1.29 is 9.53 Å². The number of piperidine rings is 1. The molecule has 39 heavy (non-hydrogen) atoms. The third kappa shape index (κ3) is 8.48. The molecule has 1 amide bonds. The van der Waals surface area contributed by atoms with Crippen molar-refractivity contribution in [1.29, 1.82) is 0 Å². The van der Waals surface area contributed by atoms with Gasteiger partial charge < -0.3 is 15.0 Å². The van der Waals surface area contributed by atoms with Crippen molar-refractivity contribution >= 4 is 29.1 Å². The second-order valence-electron chi connectivity index (χ2n) is 10.9. The third-order valence-electron chi connectivity index (χ3n) is 7.71. The first-order valence-electron chi connectivity index (χ1n) is 14.1. The minimum atomic E-state index is -0.285. The minimum Gasteiger partial charge on any atom is -0.491 e. The Bertz CT molecular complexity index is 1210. The van der Waals surface area contributed by atoms with Crippen LogP contribution in [0.1, 0.15) is 74.5 Å². The summed E-state index contributed by atoms with van der Waals surface area (Å²) < 4.78 is 5.82. The van der Waals surface area contributed by atoms with E-state index in [-0.39, 0.29) is 23.8 Å². The van der Waals surface area contributed by atoms with Crippen LogP contribution in [-0.2, 0) is 4.79 Å². The van der Waals surface area contributed by atoms with Crippen LogP contribution >= 0.6 is 23.2 Å². The molecule has 1 fully saturated rings. The van der Waals surface area contributed by atoms with Crippen LogP contribution in [0.4, 0.5) is 0 Å². The molecular weight excluding hydrogens is 527 g/mol. The number of benzene rings is 3. The molecule has 3 aromatic rings. The van der Waals surface area contributed by atoms with Crippen molar-refractivity contribution in [2.24, 2.45) is 0 Å². The standard InChI is InChI=1S/C33H40Cl2N2O2/c1-23(2)39-30-11-7-10-27(20-30)24(3)33(38)36-22-29(28-12-13-31(34)32(35)21-28)16-19-37-17-14-26(15-18-37)25-8-5-4-6-9-25/h4-13,20-21,23-24,26,29H,14-19,22H2,1-3H3,(H,36,38). The Hall–Kier alpha value is -2.53. The number of carbonyl (C=O) groups is 1. The van der Waals surface area contributed by atoms with Gasteiger partial charge in [0.2, 0.25) is 5.91 Å². The molecule has 0 bridgehead atoms. The van der Waals surface area contributed by atoms with Crippen molar-refractivity contribution in [2.45, 2.75) is 63.9 Å². The van der Waals surface area contributed by atoms with Crippen molar-refractivity contribution in [2.75, 3.05) is 26.2 Å². The maximum absolute atomic E-state index is 13.2. The zero-order valence-corrected chi connectivity index (χ0v) is 24.7. The van der Waals surface area contributed by atoms with E-state index in [1.165, 1.54) is 18.4 Å². The molecule has 1 saturated heterocycles. The zero-order valence-electron chi connectivity index (χ0n) is 23.2. The molecule has 4 nitrogen and oxygen atoms in total. The lowest BCUT2D eigenvalue weighted by Gasteiger charge is -2.33. The number of likely N-dealkylation sites (tertiary alicyclic amines) is 1. The van der Waals surface area contributed by atoms with Crippen molar-refractivity contribution in [3.63, 3.8) is 0 Å². The fourth-order valence-corrected chi connectivity index (χ4v) is 5.67. The predicted octanol–water partition coefficient (Wildman–Crippen LogP) is 8.05. The van der Waals surface area contributed by atoms with Gasteiger partial charge in [-0.2, -0.15) is 0 Å². The molecule has 2 atom stereocenters. The molecule has 1 aliphatic rings. The Labute approximate surface area is 243 Å². The number of rotatable bonds is 11. The Morgan fingerprint density at radius 3 is 2.36 bits per heavy atom. The number of hydrogen-bond acceptors (Lipinski definition) is 3. The highest BCUT2D eigenvalue weighted by molar-refractivity contribution is 6.42. The first-order chi connectivity index (χ1) is 18.8. The Balaban J connectivity index is 1.37. The molecular formula is C33H40Cl2N2O2. The number of nitrogens with zero attached hydrogens (tertiary/aromatic N) is 1. The van der Waals surface area contributed by atoms with E-state index in [1.807, 2.05) is 63.2 Å². The highest BCUT2D eigenvalue weighted by atomic mass is 35.5. The summed E-state index contributed by atoms with van der Waals surface area (Å²) in [5, 5.41) is 4.31.